The number of rotatable bonds is 4. The first kappa shape index (κ1) is 11.7. The molecule has 4 nitrogen and oxygen atoms in total. The molecule has 0 aliphatic carbocycles. The molecule has 19 heavy (non-hydrogen) atoms. The molecule has 2 heterocycles. The van der Waals surface area contributed by atoms with Crippen LogP contribution in [0.5, 0.6) is 5.75 Å². The van der Waals surface area contributed by atoms with Crippen LogP contribution in [0.2, 0.25) is 0 Å². The van der Waals surface area contributed by atoms with Crippen LogP contribution in [-0.4, -0.2) is 22.4 Å². The molecule has 0 unspecified atom stereocenters. The number of ether oxygens (including phenoxy) is 1. The third-order valence-electron chi connectivity index (χ3n) is 2.96. The van der Waals surface area contributed by atoms with Crippen LogP contribution in [0.25, 0.3) is 5.69 Å². The van der Waals surface area contributed by atoms with Gasteiger partial charge < -0.3 is 9.30 Å². The Morgan fingerprint density at radius 2 is 2.05 bits per heavy atom. The summed E-state index contributed by atoms with van der Waals surface area (Å²) in [5, 5.41) is 0. The maximum atomic E-state index is 5.71. The van der Waals surface area contributed by atoms with Gasteiger partial charge >= 0.3 is 0 Å². The predicted molar refractivity (Wildman–Crippen MR) is 74.9 cm³/mol. The van der Waals surface area contributed by atoms with Gasteiger partial charge in [0.05, 0.1) is 12.0 Å². The smallest absolute Gasteiger partial charge is 0.130 e. The molecule has 0 atom stereocenters. The van der Waals surface area contributed by atoms with Crippen molar-refractivity contribution in [2.24, 2.45) is 4.99 Å². The van der Waals surface area contributed by atoms with Gasteiger partial charge in [-0.3, -0.25) is 4.99 Å². The van der Waals surface area contributed by atoms with Crippen LogP contribution < -0.4 is 4.74 Å². The van der Waals surface area contributed by atoms with E-state index in [0.717, 1.165) is 30.0 Å². The van der Waals surface area contributed by atoms with Crippen LogP contribution in [-0.2, 0) is 0 Å². The standard InChI is InChI=1S/C15H15N3O/c1-2-8-17-13(3-1)11-19-15-6-4-14(5-7-15)18-10-9-16-12-18/h3-10,12H,1-2,11H2. The van der Waals surface area contributed by atoms with Crippen LogP contribution in [0.4, 0.5) is 0 Å². The van der Waals surface area contributed by atoms with Gasteiger partial charge in [0.2, 0.25) is 0 Å². The third kappa shape index (κ3) is 2.91. The Morgan fingerprint density at radius 1 is 1.16 bits per heavy atom. The van der Waals surface area contributed by atoms with Gasteiger partial charge in [-0.1, -0.05) is 6.08 Å². The molecule has 1 aromatic heterocycles. The molecular weight excluding hydrogens is 238 g/mol. The second-order valence-corrected chi connectivity index (χ2v) is 4.34. The summed E-state index contributed by atoms with van der Waals surface area (Å²) in [6, 6.07) is 7.94. The van der Waals surface area contributed by atoms with Crippen molar-refractivity contribution in [1.29, 1.82) is 0 Å². The number of imidazole rings is 1. The first-order chi connectivity index (χ1) is 9.42. The van der Waals surface area contributed by atoms with Gasteiger partial charge in [-0.15, -0.1) is 0 Å². The second-order valence-electron chi connectivity index (χ2n) is 4.34. The second kappa shape index (κ2) is 5.52. The molecule has 2 aromatic rings. The highest BCUT2D eigenvalue weighted by atomic mass is 16.5. The van der Waals surface area contributed by atoms with E-state index in [9.17, 15) is 0 Å². The number of aliphatic imine (C=N–C) groups is 1. The normalized spacial score (nSPS) is 14.2. The molecule has 1 aliphatic rings. The van der Waals surface area contributed by atoms with Crippen LogP contribution in [0, 0.1) is 0 Å². The lowest BCUT2D eigenvalue weighted by Gasteiger charge is -2.09. The fourth-order valence-electron chi connectivity index (χ4n) is 1.94. The van der Waals surface area contributed by atoms with Crippen LogP contribution in [0.1, 0.15) is 12.8 Å². The number of aromatic nitrogens is 2. The maximum Gasteiger partial charge on any atom is 0.130 e. The van der Waals surface area contributed by atoms with Crippen molar-refractivity contribution in [3.05, 3.63) is 54.8 Å². The van der Waals surface area contributed by atoms with E-state index < -0.39 is 0 Å². The molecule has 3 rings (SSSR count). The van der Waals surface area contributed by atoms with Crippen molar-refractivity contribution in [2.45, 2.75) is 12.8 Å². The van der Waals surface area contributed by atoms with Gasteiger partial charge in [-0.25, -0.2) is 4.98 Å². The monoisotopic (exact) mass is 253 g/mol. The molecule has 0 spiro atoms. The molecule has 96 valence electrons. The summed E-state index contributed by atoms with van der Waals surface area (Å²) in [7, 11) is 0. The lowest BCUT2D eigenvalue weighted by Crippen LogP contribution is -2.02. The van der Waals surface area contributed by atoms with Gasteiger partial charge in [0.1, 0.15) is 12.4 Å². The molecule has 1 aromatic carbocycles. The number of hydrogen-bond acceptors (Lipinski definition) is 3. The van der Waals surface area contributed by atoms with E-state index in [-0.39, 0.29) is 0 Å². The summed E-state index contributed by atoms with van der Waals surface area (Å²) < 4.78 is 7.67. The van der Waals surface area contributed by atoms with E-state index in [1.165, 1.54) is 0 Å². The Hall–Kier alpha value is -2.36. The highest BCUT2D eigenvalue weighted by Crippen LogP contribution is 2.16. The summed E-state index contributed by atoms with van der Waals surface area (Å²) in [5.74, 6) is 0.852. The van der Waals surface area contributed by atoms with Crippen molar-refractivity contribution < 1.29 is 4.74 Å². The lowest BCUT2D eigenvalue weighted by molar-refractivity contribution is 0.350. The fraction of sp³-hybridized carbons (Fsp3) is 0.200. The Balaban J connectivity index is 1.63. The molecule has 4 heteroatoms. The molecule has 0 fully saturated rings. The van der Waals surface area contributed by atoms with Gasteiger partial charge in [0.25, 0.3) is 0 Å². The summed E-state index contributed by atoms with van der Waals surface area (Å²) in [5.41, 5.74) is 2.07. The Bertz CT molecular complexity index is 582. The summed E-state index contributed by atoms with van der Waals surface area (Å²) in [6.45, 7) is 0.529. The van der Waals surface area contributed by atoms with Gasteiger partial charge in [0, 0.05) is 24.3 Å². The highest BCUT2D eigenvalue weighted by Gasteiger charge is 2.01. The van der Waals surface area contributed by atoms with Crippen LogP contribution >= 0.6 is 0 Å². The lowest BCUT2D eigenvalue weighted by atomic mass is 10.2. The summed E-state index contributed by atoms with van der Waals surface area (Å²) in [6.07, 6.45) is 11.6. The molecule has 0 saturated carbocycles. The summed E-state index contributed by atoms with van der Waals surface area (Å²) >= 11 is 0. The Kier molecular flexibility index (Phi) is 3.40. The van der Waals surface area contributed by atoms with E-state index in [2.05, 4.69) is 16.1 Å². The van der Waals surface area contributed by atoms with Crippen molar-refractivity contribution >= 4 is 6.21 Å². The Labute approximate surface area is 112 Å². The average molecular weight is 253 g/mol. The number of allylic oxidation sites excluding steroid dienone is 1. The van der Waals surface area contributed by atoms with Gasteiger partial charge in [0.15, 0.2) is 0 Å². The minimum Gasteiger partial charge on any atom is -0.487 e. The SMILES string of the molecule is C1=NC(COc2ccc(-n3ccnc3)cc2)=CCC1. The first-order valence-electron chi connectivity index (χ1n) is 6.34. The zero-order chi connectivity index (χ0) is 12.9. The van der Waals surface area contributed by atoms with Crippen molar-refractivity contribution in [3.8, 4) is 11.4 Å². The zero-order valence-corrected chi connectivity index (χ0v) is 10.6. The molecule has 0 amide bonds. The molecule has 0 saturated heterocycles. The predicted octanol–water partition coefficient (Wildman–Crippen LogP) is 3.00. The maximum absolute atomic E-state index is 5.71. The number of hydrogen-bond donors (Lipinski definition) is 0. The minimum absolute atomic E-state index is 0.529. The number of benzene rings is 1. The topological polar surface area (TPSA) is 39.4 Å². The van der Waals surface area contributed by atoms with Gasteiger partial charge in [-0.2, -0.15) is 0 Å². The average Bonchev–Trinajstić information content (AvgIpc) is 3.01. The molecular formula is C15H15N3O. The van der Waals surface area contributed by atoms with Crippen LogP contribution in [0.3, 0.4) is 0 Å². The first-order valence-corrected chi connectivity index (χ1v) is 6.34. The molecule has 1 aliphatic heterocycles. The molecule has 0 N–H and O–H groups in total. The zero-order valence-electron chi connectivity index (χ0n) is 10.6. The van der Waals surface area contributed by atoms with Crippen molar-refractivity contribution in [1.82, 2.24) is 9.55 Å². The molecule has 0 bridgehead atoms. The van der Waals surface area contributed by atoms with Crippen LogP contribution in [0.15, 0.2) is 59.8 Å². The largest absolute Gasteiger partial charge is 0.487 e. The van der Waals surface area contributed by atoms with Crippen molar-refractivity contribution in [3.63, 3.8) is 0 Å². The quantitative estimate of drug-likeness (QED) is 0.840. The van der Waals surface area contributed by atoms with Crippen molar-refractivity contribution in [2.75, 3.05) is 6.61 Å². The number of nitrogens with zero attached hydrogens (tertiary/aromatic N) is 3. The van der Waals surface area contributed by atoms with E-state index in [1.807, 2.05) is 41.2 Å². The minimum atomic E-state index is 0.529. The van der Waals surface area contributed by atoms with Gasteiger partial charge in [-0.05, 0) is 37.1 Å². The molecule has 0 radical (unpaired) electrons. The van der Waals surface area contributed by atoms with E-state index in [0.29, 0.717) is 6.61 Å². The third-order valence-corrected chi connectivity index (χ3v) is 2.96. The summed E-state index contributed by atoms with van der Waals surface area (Å²) in [4.78, 5) is 8.33. The fourth-order valence-corrected chi connectivity index (χ4v) is 1.94. The van der Waals surface area contributed by atoms with E-state index in [1.54, 1.807) is 12.5 Å². The van der Waals surface area contributed by atoms with E-state index in [4.69, 9.17) is 4.74 Å². The Morgan fingerprint density at radius 3 is 2.74 bits per heavy atom. The highest BCUT2D eigenvalue weighted by molar-refractivity contribution is 5.60. The van der Waals surface area contributed by atoms with E-state index >= 15 is 0 Å².